The molecule has 0 aliphatic carbocycles. The zero-order valence-electron chi connectivity index (χ0n) is 14.5. The Labute approximate surface area is 157 Å². The van der Waals surface area contributed by atoms with Crippen molar-refractivity contribution in [2.24, 2.45) is 5.92 Å². The molecule has 1 atom stereocenters. The largest absolute Gasteiger partial charge is 0.338 e. The number of hydrogen-bond donors (Lipinski definition) is 1. The molecule has 0 bridgehead atoms. The van der Waals surface area contributed by atoms with Gasteiger partial charge < -0.3 is 10.2 Å². The van der Waals surface area contributed by atoms with E-state index in [0.717, 1.165) is 5.56 Å². The number of carbonyl (C=O) groups is 2. The Bertz CT molecular complexity index is 840. The topological polar surface area (TPSA) is 49.4 Å². The van der Waals surface area contributed by atoms with Gasteiger partial charge in [0.15, 0.2) is 0 Å². The van der Waals surface area contributed by atoms with Crippen LogP contribution in [-0.4, -0.2) is 29.8 Å². The second-order valence-corrected chi connectivity index (χ2v) is 6.93. The standard InChI is InChI=1S/C20H20ClFN2O2/c1-13-8-9-15(11-17(13)21)23-19(25)14-5-4-10-24(12-14)20(26)16-6-2-3-7-18(16)22/h2-3,6-9,11,14H,4-5,10,12H2,1H3,(H,23,25). The SMILES string of the molecule is Cc1ccc(NC(=O)C2CCCN(C(=O)c3ccccc3F)C2)cc1Cl. The van der Waals surface area contributed by atoms with Gasteiger partial charge in [-0.15, -0.1) is 0 Å². The highest BCUT2D eigenvalue weighted by Gasteiger charge is 2.29. The van der Waals surface area contributed by atoms with Crippen LogP contribution in [0.5, 0.6) is 0 Å². The van der Waals surface area contributed by atoms with Crippen molar-refractivity contribution in [3.8, 4) is 0 Å². The summed E-state index contributed by atoms with van der Waals surface area (Å²) in [7, 11) is 0. The van der Waals surface area contributed by atoms with E-state index in [9.17, 15) is 14.0 Å². The van der Waals surface area contributed by atoms with E-state index in [1.165, 1.54) is 12.1 Å². The van der Waals surface area contributed by atoms with Crippen molar-refractivity contribution in [2.45, 2.75) is 19.8 Å². The average molecular weight is 375 g/mol. The number of hydrogen-bond acceptors (Lipinski definition) is 2. The highest BCUT2D eigenvalue weighted by atomic mass is 35.5. The number of carbonyl (C=O) groups excluding carboxylic acids is 2. The molecule has 4 nitrogen and oxygen atoms in total. The molecule has 6 heteroatoms. The van der Waals surface area contributed by atoms with Crippen molar-refractivity contribution in [1.82, 2.24) is 4.90 Å². The minimum absolute atomic E-state index is 0.0406. The Morgan fingerprint density at radius 3 is 2.73 bits per heavy atom. The third-order valence-electron chi connectivity index (χ3n) is 4.62. The van der Waals surface area contributed by atoms with E-state index in [-0.39, 0.29) is 29.8 Å². The number of nitrogens with zero attached hydrogens (tertiary/aromatic N) is 1. The van der Waals surface area contributed by atoms with Crippen LogP contribution in [0.15, 0.2) is 42.5 Å². The number of anilines is 1. The monoisotopic (exact) mass is 374 g/mol. The average Bonchev–Trinajstić information content (AvgIpc) is 2.64. The maximum Gasteiger partial charge on any atom is 0.256 e. The Kier molecular flexibility index (Phi) is 5.57. The first kappa shape index (κ1) is 18.4. The molecule has 1 saturated heterocycles. The molecule has 2 aromatic carbocycles. The van der Waals surface area contributed by atoms with Crippen LogP contribution in [0.25, 0.3) is 0 Å². The highest BCUT2D eigenvalue weighted by Crippen LogP contribution is 2.23. The van der Waals surface area contributed by atoms with Gasteiger partial charge in [-0.05, 0) is 49.6 Å². The number of benzene rings is 2. The first-order chi connectivity index (χ1) is 12.5. The van der Waals surface area contributed by atoms with Gasteiger partial charge in [-0.25, -0.2) is 4.39 Å². The van der Waals surface area contributed by atoms with Crippen molar-refractivity contribution in [3.63, 3.8) is 0 Å². The van der Waals surface area contributed by atoms with Crippen molar-refractivity contribution in [2.75, 3.05) is 18.4 Å². The summed E-state index contributed by atoms with van der Waals surface area (Å²) in [6, 6.07) is 11.3. The fourth-order valence-electron chi connectivity index (χ4n) is 3.10. The first-order valence-electron chi connectivity index (χ1n) is 8.56. The Morgan fingerprint density at radius 1 is 1.23 bits per heavy atom. The van der Waals surface area contributed by atoms with Crippen LogP contribution in [-0.2, 0) is 4.79 Å². The lowest BCUT2D eigenvalue weighted by Gasteiger charge is -2.32. The van der Waals surface area contributed by atoms with E-state index < -0.39 is 5.82 Å². The fourth-order valence-corrected chi connectivity index (χ4v) is 3.28. The maximum absolute atomic E-state index is 13.9. The minimum Gasteiger partial charge on any atom is -0.338 e. The number of halogens is 2. The zero-order valence-corrected chi connectivity index (χ0v) is 15.2. The fraction of sp³-hybridized carbons (Fsp3) is 0.300. The lowest BCUT2D eigenvalue weighted by Crippen LogP contribution is -2.44. The summed E-state index contributed by atoms with van der Waals surface area (Å²) in [6.07, 6.45) is 1.39. The van der Waals surface area contributed by atoms with Gasteiger partial charge in [0, 0.05) is 23.8 Å². The van der Waals surface area contributed by atoms with Gasteiger partial charge in [-0.2, -0.15) is 0 Å². The highest BCUT2D eigenvalue weighted by molar-refractivity contribution is 6.31. The molecule has 1 fully saturated rings. The summed E-state index contributed by atoms with van der Waals surface area (Å²) in [5.74, 6) is -1.41. The summed E-state index contributed by atoms with van der Waals surface area (Å²) in [5.41, 5.74) is 1.60. The third kappa shape index (κ3) is 4.05. The van der Waals surface area contributed by atoms with Gasteiger partial charge in [-0.3, -0.25) is 9.59 Å². The van der Waals surface area contributed by atoms with Gasteiger partial charge >= 0.3 is 0 Å². The number of piperidine rings is 1. The Morgan fingerprint density at radius 2 is 2.00 bits per heavy atom. The number of amides is 2. The molecule has 1 aliphatic heterocycles. The lowest BCUT2D eigenvalue weighted by atomic mass is 9.96. The van der Waals surface area contributed by atoms with Crippen molar-refractivity contribution in [1.29, 1.82) is 0 Å². The summed E-state index contributed by atoms with van der Waals surface area (Å²) >= 11 is 6.09. The van der Waals surface area contributed by atoms with E-state index in [1.54, 1.807) is 29.2 Å². The molecule has 136 valence electrons. The van der Waals surface area contributed by atoms with Crippen LogP contribution in [0.1, 0.15) is 28.8 Å². The van der Waals surface area contributed by atoms with Crippen molar-refractivity contribution >= 4 is 29.1 Å². The van der Waals surface area contributed by atoms with Crippen molar-refractivity contribution < 1.29 is 14.0 Å². The molecule has 0 radical (unpaired) electrons. The van der Waals surface area contributed by atoms with Crippen LogP contribution in [0, 0.1) is 18.7 Å². The zero-order chi connectivity index (χ0) is 18.7. The van der Waals surface area contributed by atoms with Gasteiger partial charge in [0.05, 0.1) is 11.5 Å². The molecule has 2 amide bonds. The third-order valence-corrected chi connectivity index (χ3v) is 5.03. The smallest absolute Gasteiger partial charge is 0.256 e. The van der Waals surface area contributed by atoms with Crippen LogP contribution in [0.3, 0.4) is 0 Å². The molecule has 1 unspecified atom stereocenters. The predicted octanol–water partition coefficient (Wildman–Crippen LogP) is 4.28. The molecular weight excluding hydrogens is 355 g/mol. The van der Waals surface area contributed by atoms with Crippen molar-refractivity contribution in [3.05, 3.63) is 64.4 Å². The van der Waals surface area contributed by atoms with Gasteiger partial charge in [-0.1, -0.05) is 29.8 Å². The lowest BCUT2D eigenvalue weighted by molar-refractivity contribution is -0.121. The van der Waals surface area contributed by atoms with E-state index in [2.05, 4.69) is 5.32 Å². The summed E-state index contributed by atoms with van der Waals surface area (Å²) in [4.78, 5) is 26.7. The normalized spacial score (nSPS) is 17.0. The molecule has 26 heavy (non-hydrogen) atoms. The number of nitrogens with one attached hydrogen (secondary N) is 1. The van der Waals surface area contributed by atoms with E-state index in [0.29, 0.717) is 30.1 Å². The van der Waals surface area contributed by atoms with Crippen LogP contribution < -0.4 is 5.32 Å². The quantitative estimate of drug-likeness (QED) is 0.871. The molecule has 2 aromatic rings. The van der Waals surface area contributed by atoms with E-state index in [1.807, 2.05) is 13.0 Å². The minimum atomic E-state index is -0.543. The first-order valence-corrected chi connectivity index (χ1v) is 8.94. The summed E-state index contributed by atoms with van der Waals surface area (Å²) in [5, 5.41) is 3.44. The number of likely N-dealkylation sites (tertiary alicyclic amines) is 1. The molecule has 1 heterocycles. The maximum atomic E-state index is 13.9. The Balaban J connectivity index is 1.67. The van der Waals surface area contributed by atoms with Crippen LogP contribution in [0.2, 0.25) is 5.02 Å². The summed E-state index contributed by atoms with van der Waals surface area (Å²) < 4.78 is 13.9. The van der Waals surface area contributed by atoms with Crippen LogP contribution >= 0.6 is 11.6 Å². The molecule has 3 rings (SSSR count). The molecule has 0 aromatic heterocycles. The van der Waals surface area contributed by atoms with Gasteiger partial charge in [0.25, 0.3) is 5.91 Å². The summed E-state index contributed by atoms with van der Waals surface area (Å²) in [6.45, 7) is 2.69. The molecule has 1 N–H and O–H groups in total. The van der Waals surface area contributed by atoms with E-state index >= 15 is 0 Å². The molecule has 0 saturated carbocycles. The molecule has 0 spiro atoms. The second-order valence-electron chi connectivity index (χ2n) is 6.52. The van der Waals surface area contributed by atoms with Gasteiger partial charge in [0.1, 0.15) is 5.82 Å². The van der Waals surface area contributed by atoms with Gasteiger partial charge in [0.2, 0.25) is 5.91 Å². The molecular formula is C20H20ClFN2O2. The molecule has 1 aliphatic rings. The number of aryl methyl sites for hydroxylation is 1. The Hall–Kier alpha value is -2.40. The second kappa shape index (κ2) is 7.87. The number of rotatable bonds is 3. The van der Waals surface area contributed by atoms with E-state index in [4.69, 9.17) is 11.6 Å². The predicted molar refractivity (Wildman–Crippen MR) is 99.8 cm³/mol. The van der Waals surface area contributed by atoms with Crippen LogP contribution in [0.4, 0.5) is 10.1 Å².